The number of thiazole rings is 1. The lowest BCUT2D eigenvalue weighted by Gasteiger charge is -2.30. The summed E-state index contributed by atoms with van der Waals surface area (Å²) < 4.78 is 28.9. The lowest BCUT2D eigenvalue weighted by molar-refractivity contribution is -0.119. The Labute approximate surface area is 157 Å². The number of carbonyl (C=O) groups is 1. The molecule has 0 bridgehead atoms. The van der Waals surface area contributed by atoms with E-state index in [1.807, 2.05) is 12.3 Å². The van der Waals surface area contributed by atoms with E-state index in [2.05, 4.69) is 15.4 Å². The summed E-state index contributed by atoms with van der Waals surface area (Å²) in [5, 5.41) is 9.65. The number of nitrogens with one attached hydrogen (secondary N) is 1. The third-order valence-electron chi connectivity index (χ3n) is 4.39. The van der Waals surface area contributed by atoms with Crippen LogP contribution in [-0.2, 0) is 27.9 Å². The number of aryl methyl sites for hydroxylation is 1. The standard InChI is InChI=1S/C16H23N5O3S2/c1-3-20-10-15(8-18-20)26(23,24)21-6-4-5-13(9-21)16-19-14(11-25-16)7-17-12(2)22/h8,10-11,13H,3-7,9H2,1-2H3,(H,17,22)/t13-/m0/s1. The van der Waals surface area contributed by atoms with E-state index in [1.54, 1.807) is 10.9 Å². The van der Waals surface area contributed by atoms with E-state index >= 15 is 0 Å². The molecule has 0 saturated carbocycles. The van der Waals surface area contributed by atoms with Crippen molar-refractivity contribution < 1.29 is 13.2 Å². The summed E-state index contributed by atoms with van der Waals surface area (Å²) in [6, 6.07) is 0. The Morgan fingerprint density at radius 1 is 1.46 bits per heavy atom. The topological polar surface area (TPSA) is 97.2 Å². The molecule has 3 rings (SSSR count). The summed E-state index contributed by atoms with van der Waals surface area (Å²) >= 11 is 1.52. The number of sulfonamides is 1. The molecule has 0 spiro atoms. The summed E-state index contributed by atoms with van der Waals surface area (Å²) in [7, 11) is -3.54. The summed E-state index contributed by atoms with van der Waals surface area (Å²) in [5.74, 6) is -0.0158. The number of hydrogen-bond acceptors (Lipinski definition) is 6. The van der Waals surface area contributed by atoms with Gasteiger partial charge in [-0.2, -0.15) is 9.40 Å². The number of rotatable bonds is 6. The first-order chi connectivity index (χ1) is 12.4. The number of amides is 1. The molecule has 0 unspecified atom stereocenters. The molecule has 3 heterocycles. The Bertz CT molecular complexity index is 874. The minimum Gasteiger partial charge on any atom is -0.351 e. The van der Waals surface area contributed by atoms with Gasteiger partial charge < -0.3 is 5.32 Å². The zero-order valence-corrected chi connectivity index (χ0v) is 16.5. The van der Waals surface area contributed by atoms with E-state index in [9.17, 15) is 13.2 Å². The molecular formula is C16H23N5O3S2. The third kappa shape index (κ3) is 4.13. The Balaban J connectivity index is 1.72. The first kappa shape index (κ1) is 19.0. The molecule has 10 heteroatoms. The molecule has 142 valence electrons. The zero-order chi connectivity index (χ0) is 18.7. The van der Waals surface area contributed by atoms with Crippen LogP contribution < -0.4 is 5.32 Å². The molecule has 8 nitrogen and oxygen atoms in total. The van der Waals surface area contributed by atoms with Crippen molar-refractivity contribution in [3.63, 3.8) is 0 Å². The third-order valence-corrected chi connectivity index (χ3v) is 7.27. The molecule has 1 N–H and O–H groups in total. The highest BCUT2D eigenvalue weighted by Gasteiger charge is 2.32. The molecule has 1 aliphatic heterocycles. The smallest absolute Gasteiger partial charge is 0.246 e. The molecule has 2 aromatic heterocycles. The van der Waals surface area contributed by atoms with Gasteiger partial charge in [0, 0.05) is 44.1 Å². The predicted molar refractivity (Wildman–Crippen MR) is 98.3 cm³/mol. The molecule has 1 amide bonds. The van der Waals surface area contributed by atoms with Crippen molar-refractivity contribution in [2.45, 2.75) is 50.6 Å². The van der Waals surface area contributed by atoms with Crippen LogP contribution in [0, 0.1) is 0 Å². The van der Waals surface area contributed by atoms with Crippen LogP contribution >= 0.6 is 11.3 Å². The second kappa shape index (κ2) is 7.85. The molecular weight excluding hydrogens is 374 g/mol. The van der Waals surface area contributed by atoms with Crippen LogP contribution in [0.4, 0.5) is 0 Å². The summed E-state index contributed by atoms with van der Waals surface area (Å²) in [6.45, 7) is 5.36. The minimum atomic E-state index is -3.54. The van der Waals surface area contributed by atoms with Crippen molar-refractivity contribution in [3.8, 4) is 0 Å². The average molecular weight is 398 g/mol. The lowest BCUT2D eigenvalue weighted by Crippen LogP contribution is -2.39. The first-order valence-corrected chi connectivity index (χ1v) is 10.9. The van der Waals surface area contributed by atoms with Gasteiger partial charge in [0.2, 0.25) is 15.9 Å². The van der Waals surface area contributed by atoms with Gasteiger partial charge in [0.05, 0.1) is 23.4 Å². The van der Waals surface area contributed by atoms with Gasteiger partial charge in [-0.15, -0.1) is 11.3 Å². The lowest BCUT2D eigenvalue weighted by atomic mass is 10.0. The molecule has 2 aromatic rings. The van der Waals surface area contributed by atoms with Gasteiger partial charge in [0.25, 0.3) is 0 Å². The van der Waals surface area contributed by atoms with E-state index < -0.39 is 10.0 Å². The van der Waals surface area contributed by atoms with Crippen LogP contribution in [0.5, 0.6) is 0 Å². The molecule has 0 radical (unpaired) electrons. The van der Waals surface area contributed by atoms with E-state index in [0.29, 0.717) is 26.2 Å². The zero-order valence-electron chi connectivity index (χ0n) is 14.9. The van der Waals surface area contributed by atoms with E-state index in [0.717, 1.165) is 23.5 Å². The Kier molecular flexibility index (Phi) is 5.73. The van der Waals surface area contributed by atoms with Crippen molar-refractivity contribution in [2.75, 3.05) is 13.1 Å². The fraction of sp³-hybridized carbons (Fsp3) is 0.562. The number of aromatic nitrogens is 3. The molecule has 1 atom stereocenters. The highest BCUT2D eigenvalue weighted by Crippen LogP contribution is 2.31. The number of hydrogen-bond donors (Lipinski definition) is 1. The van der Waals surface area contributed by atoms with E-state index in [1.165, 1.54) is 28.8 Å². The van der Waals surface area contributed by atoms with Gasteiger partial charge in [-0.3, -0.25) is 9.48 Å². The molecule has 1 saturated heterocycles. The van der Waals surface area contributed by atoms with Gasteiger partial charge in [-0.05, 0) is 19.8 Å². The van der Waals surface area contributed by atoms with Gasteiger partial charge in [0.15, 0.2) is 0 Å². The number of nitrogens with zero attached hydrogens (tertiary/aromatic N) is 4. The maximum atomic E-state index is 12.9. The van der Waals surface area contributed by atoms with E-state index in [-0.39, 0.29) is 16.7 Å². The second-order valence-electron chi connectivity index (χ2n) is 6.32. The fourth-order valence-electron chi connectivity index (χ4n) is 2.97. The quantitative estimate of drug-likeness (QED) is 0.798. The van der Waals surface area contributed by atoms with Crippen LogP contribution in [-0.4, -0.2) is 46.5 Å². The summed E-state index contributed by atoms with van der Waals surface area (Å²) in [4.78, 5) is 15.8. The second-order valence-corrected chi connectivity index (χ2v) is 9.15. The van der Waals surface area contributed by atoms with Crippen LogP contribution in [0.25, 0.3) is 0 Å². The van der Waals surface area contributed by atoms with Gasteiger partial charge in [-0.25, -0.2) is 13.4 Å². The maximum absolute atomic E-state index is 12.9. The van der Waals surface area contributed by atoms with Crippen molar-refractivity contribution >= 4 is 27.3 Å². The Morgan fingerprint density at radius 2 is 2.27 bits per heavy atom. The monoisotopic (exact) mass is 397 g/mol. The van der Waals surface area contributed by atoms with Crippen molar-refractivity contribution in [1.29, 1.82) is 0 Å². The summed E-state index contributed by atoms with van der Waals surface area (Å²) in [5.41, 5.74) is 0.810. The van der Waals surface area contributed by atoms with Crippen molar-refractivity contribution in [2.24, 2.45) is 0 Å². The molecule has 0 aromatic carbocycles. The molecule has 1 fully saturated rings. The first-order valence-electron chi connectivity index (χ1n) is 8.61. The van der Waals surface area contributed by atoms with Crippen molar-refractivity contribution in [3.05, 3.63) is 28.5 Å². The van der Waals surface area contributed by atoms with Gasteiger partial charge in [0.1, 0.15) is 4.90 Å². The molecule has 1 aliphatic rings. The van der Waals surface area contributed by atoms with Gasteiger partial charge >= 0.3 is 0 Å². The van der Waals surface area contributed by atoms with Crippen LogP contribution in [0.2, 0.25) is 0 Å². The SMILES string of the molecule is CCn1cc(S(=O)(=O)N2CCC[C@H](c3nc(CNC(C)=O)cs3)C2)cn1. The Morgan fingerprint density at radius 3 is 2.96 bits per heavy atom. The Hall–Kier alpha value is -1.78. The minimum absolute atomic E-state index is 0.0795. The van der Waals surface area contributed by atoms with Crippen LogP contribution in [0.15, 0.2) is 22.7 Å². The summed E-state index contributed by atoms with van der Waals surface area (Å²) in [6.07, 6.45) is 4.70. The number of carbonyl (C=O) groups excluding carboxylic acids is 1. The average Bonchev–Trinajstić information content (AvgIpc) is 3.29. The maximum Gasteiger partial charge on any atom is 0.246 e. The largest absolute Gasteiger partial charge is 0.351 e. The normalized spacial score (nSPS) is 18.8. The van der Waals surface area contributed by atoms with Gasteiger partial charge in [-0.1, -0.05) is 0 Å². The highest BCUT2D eigenvalue weighted by molar-refractivity contribution is 7.89. The highest BCUT2D eigenvalue weighted by atomic mass is 32.2. The predicted octanol–water partition coefficient (Wildman–Crippen LogP) is 1.56. The van der Waals surface area contributed by atoms with Crippen LogP contribution in [0.3, 0.4) is 0 Å². The molecule has 26 heavy (non-hydrogen) atoms. The fourth-order valence-corrected chi connectivity index (χ4v) is 5.40. The van der Waals surface area contributed by atoms with E-state index in [4.69, 9.17) is 0 Å². The van der Waals surface area contributed by atoms with Crippen LogP contribution in [0.1, 0.15) is 43.3 Å². The molecule has 0 aliphatic carbocycles. The number of piperidine rings is 1. The van der Waals surface area contributed by atoms with Crippen molar-refractivity contribution in [1.82, 2.24) is 24.4 Å².